The lowest BCUT2D eigenvalue weighted by molar-refractivity contribution is -0.139. The van der Waals surface area contributed by atoms with Crippen LogP contribution in [0.2, 0.25) is 0 Å². The van der Waals surface area contributed by atoms with Crippen molar-refractivity contribution < 1.29 is 32.7 Å². The van der Waals surface area contributed by atoms with E-state index in [1.54, 1.807) is 6.92 Å². The monoisotopic (exact) mass is 317 g/mol. The van der Waals surface area contributed by atoms with Gasteiger partial charge in [-0.1, -0.05) is 6.92 Å². The number of carboxylic acid groups (broad SMARTS) is 1. The summed E-state index contributed by atoms with van der Waals surface area (Å²) in [6.07, 6.45) is -0.0954. The predicted octanol–water partition coefficient (Wildman–Crippen LogP) is 2.05. The van der Waals surface area contributed by atoms with Crippen molar-refractivity contribution in [3.63, 3.8) is 0 Å². The van der Waals surface area contributed by atoms with Gasteiger partial charge in [-0.05, 0) is 6.42 Å². The minimum Gasteiger partial charge on any atom is -0.480 e. The Bertz CT molecular complexity index is 581. The van der Waals surface area contributed by atoms with Crippen molar-refractivity contribution >= 4 is 17.7 Å². The smallest absolute Gasteiger partial charge is 0.326 e. The van der Waals surface area contributed by atoms with E-state index >= 15 is 0 Å². The van der Waals surface area contributed by atoms with E-state index in [0.717, 1.165) is 0 Å². The summed E-state index contributed by atoms with van der Waals surface area (Å²) in [7, 11) is 0. The van der Waals surface area contributed by atoms with Crippen molar-refractivity contribution in [2.45, 2.75) is 32.2 Å². The quantitative estimate of drug-likeness (QED) is 0.806. The highest BCUT2D eigenvalue weighted by atomic mass is 19.1. The van der Waals surface area contributed by atoms with Gasteiger partial charge in [-0.3, -0.25) is 9.59 Å². The van der Waals surface area contributed by atoms with Crippen LogP contribution in [0.5, 0.6) is 0 Å². The Morgan fingerprint density at radius 3 is 2.18 bits per heavy atom. The molecular weight excluding hydrogens is 303 g/mol. The molecule has 0 bridgehead atoms. The largest absolute Gasteiger partial charge is 0.480 e. The molecule has 1 atom stereocenters. The lowest BCUT2D eigenvalue weighted by Crippen LogP contribution is -2.41. The molecular formula is C14H14F3NO4. The maximum Gasteiger partial charge on any atom is 0.326 e. The first-order valence-corrected chi connectivity index (χ1v) is 6.46. The van der Waals surface area contributed by atoms with E-state index in [2.05, 4.69) is 0 Å². The molecule has 120 valence electrons. The van der Waals surface area contributed by atoms with Gasteiger partial charge in [-0.2, -0.15) is 0 Å². The number of carbonyl (C=O) groups is 3. The SMILES string of the molecule is CCC(=O)CC[C@@H](NC(=O)c1c(F)cc(F)cc1F)C(=O)O. The third kappa shape index (κ3) is 4.57. The van der Waals surface area contributed by atoms with E-state index in [1.165, 1.54) is 0 Å². The van der Waals surface area contributed by atoms with Crippen LogP contribution in [0.3, 0.4) is 0 Å². The standard InChI is InChI=1S/C14H14F3NO4/c1-2-8(19)3-4-11(14(21)22)18-13(20)12-9(16)5-7(15)6-10(12)17/h5-6,11H,2-4H2,1H3,(H,18,20)(H,21,22)/t11-/m1/s1. The first-order chi connectivity index (χ1) is 10.3. The Labute approximate surface area is 124 Å². The van der Waals surface area contributed by atoms with E-state index in [9.17, 15) is 27.6 Å². The van der Waals surface area contributed by atoms with Crippen molar-refractivity contribution in [1.82, 2.24) is 5.32 Å². The average molecular weight is 317 g/mol. The molecule has 8 heteroatoms. The highest BCUT2D eigenvalue weighted by Gasteiger charge is 2.25. The van der Waals surface area contributed by atoms with Crippen LogP contribution in [0.25, 0.3) is 0 Å². The van der Waals surface area contributed by atoms with Crippen LogP contribution < -0.4 is 5.32 Å². The highest BCUT2D eigenvalue weighted by Crippen LogP contribution is 2.15. The number of aliphatic carboxylic acids is 1. The zero-order valence-electron chi connectivity index (χ0n) is 11.7. The van der Waals surface area contributed by atoms with Crippen molar-refractivity contribution in [2.24, 2.45) is 0 Å². The lowest BCUT2D eigenvalue weighted by Gasteiger charge is -2.14. The summed E-state index contributed by atoms with van der Waals surface area (Å²) in [6, 6.07) is -0.852. The van der Waals surface area contributed by atoms with Gasteiger partial charge in [0.15, 0.2) is 0 Å². The maximum absolute atomic E-state index is 13.4. The summed E-state index contributed by atoms with van der Waals surface area (Å²) in [5.41, 5.74) is -1.07. The van der Waals surface area contributed by atoms with Gasteiger partial charge in [-0.15, -0.1) is 0 Å². The molecule has 1 aromatic rings. The Morgan fingerprint density at radius 2 is 1.73 bits per heavy atom. The molecule has 0 heterocycles. The van der Waals surface area contributed by atoms with Gasteiger partial charge in [0.25, 0.3) is 5.91 Å². The summed E-state index contributed by atoms with van der Waals surface area (Å²) in [4.78, 5) is 34.0. The highest BCUT2D eigenvalue weighted by molar-refractivity contribution is 5.97. The van der Waals surface area contributed by atoms with Crippen molar-refractivity contribution in [1.29, 1.82) is 0 Å². The molecule has 0 aliphatic rings. The molecule has 1 amide bonds. The molecule has 0 aliphatic carbocycles. The minimum atomic E-state index is -1.48. The van der Waals surface area contributed by atoms with Gasteiger partial charge in [-0.25, -0.2) is 18.0 Å². The molecule has 5 nitrogen and oxygen atoms in total. The van der Waals surface area contributed by atoms with Gasteiger partial charge in [0.05, 0.1) is 0 Å². The van der Waals surface area contributed by atoms with Gasteiger partial charge in [0, 0.05) is 25.0 Å². The fourth-order valence-corrected chi connectivity index (χ4v) is 1.73. The number of halogens is 3. The minimum absolute atomic E-state index is 0.0951. The average Bonchev–Trinajstić information content (AvgIpc) is 2.41. The number of amides is 1. The molecule has 1 aromatic carbocycles. The maximum atomic E-state index is 13.4. The zero-order valence-corrected chi connectivity index (χ0v) is 11.7. The van der Waals surface area contributed by atoms with E-state index in [-0.39, 0.29) is 25.0 Å². The Morgan fingerprint density at radius 1 is 1.18 bits per heavy atom. The first kappa shape index (κ1) is 17.7. The molecule has 1 rings (SSSR count). The number of nitrogens with one attached hydrogen (secondary N) is 1. The second-order valence-electron chi connectivity index (χ2n) is 4.54. The number of rotatable bonds is 7. The van der Waals surface area contributed by atoms with Crippen LogP contribution in [0.15, 0.2) is 12.1 Å². The molecule has 0 aliphatic heterocycles. The van der Waals surface area contributed by atoms with Crippen LogP contribution in [0.1, 0.15) is 36.5 Å². The van der Waals surface area contributed by atoms with Gasteiger partial charge < -0.3 is 10.4 Å². The van der Waals surface area contributed by atoms with E-state index < -0.39 is 40.9 Å². The summed E-state index contributed by atoms with van der Waals surface area (Å²) in [5, 5.41) is 10.9. The molecule has 0 saturated heterocycles. The molecule has 0 unspecified atom stereocenters. The molecule has 0 aromatic heterocycles. The van der Waals surface area contributed by atoms with E-state index in [0.29, 0.717) is 12.1 Å². The van der Waals surface area contributed by atoms with Crippen molar-refractivity contribution in [3.05, 3.63) is 35.1 Å². The number of carbonyl (C=O) groups excluding carboxylic acids is 2. The number of carboxylic acids is 1. The van der Waals surface area contributed by atoms with Gasteiger partial charge >= 0.3 is 5.97 Å². The van der Waals surface area contributed by atoms with Crippen LogP contribution in [-0.4, -0.2) is 28.8 Å². The lowest BCUT2D eigenvalue weighted by atomic mass is 10.1. The van der Waals surface area contributed by atoms with Crippen LogP contribution in [-0.2, 0) is 9.59 Å². The number of benzene rings is 1. The molecule has 0 saturated carbocycles. The fourth-order valence-electron chi connectivity index (χ4n) is 1.73. The van der Waals surface area contributed by atoms with Gasteiger partial charge in [0.2, 0.25) is 0 Å². The third-order valence-electron chi connectivity index (χ3n) is 2.94. The topological polar surface area (TPSA) is 83.5 Å². The first-order valence-electron chi connectivity index (χ1n) is 6.46. The number of hydrogen-bond acceptors (Lipinski definition) is 3. The second kappa shape index (κ2) is 7.58. The number of ketones is 1. The number of hydrogen-bond donors (Lipinski definition) is 2. The molecule has 0 fully saturated rings. The van der Waals surface area contributed by atoms with Crippen LogP contribution in [0, 0.1) is 17.5 Å². The van der Waals surface area contributed by atoms with Crippen LogP contribution >= 0.6 is 0 Å². The molecule has 2 N–H and O–H groups in total. The Kier molecular flexibility index (Phi) is 6.09. The summed E-state index contributed by atoms with van der Waals surface area (Å²) in [5.74, 6) is -7.06. The summed E-state index contributed by atoms with van der Waals surface area (Å²) in [6.45, 7) is 1.60. The van der Waals surface area contributed by atoms with Gasteiger partial charge in [0.1, 0.15) is 34.8 Å². The fraction of sp³-hybridized carbons (Fsp3) is 0.357. The molecule has 0 spiro atoms. The van der Waals surface area contributed by atoms with Crippen molar-refractivity contribution in [3.8, 4) is 0 Å². The molecule has 22 heavy (non-hydrogen) atoms. The second-order valence-corrected chi connectivity index (χ2v) is 4.54. The van der Waals surface area contributed by atoms with E-state index in [4.69, 9.17) is 5.11 Å². The normalized spacial score (nSPS) is 11.8. The summed E-state index contributed by atoms with van der Waals surface area (Å²) >= 11 is 0. The Hall–Kier alpha value is -2.38. The third-order valence-corrected chi connectivity index (χ3v) is 2.94. The number of Topliss-reactive ketones (excluding diaryl/α,β-unsaturated/α-hetero) is 1. The van der Waals surface area contributed by atoms with Crippen LogP contribution in [0.4, 0.5) is 13.2 Å². The molecule has 0 radical (unpaired) electrons. The predicted molar refractivity (Wildman–Crippen MR) is 69.7 cm³/mol. The van der Waals surface area contributed by atoms with E-state index in [1.807, 2.05) is 5.32 Å². The van der Waals surface area contributed by atoms with Crippen molar-refractivity contribution in [2.75, 3.05) is 0 Å². The Balaban J connectivity index is 2.88. The zero-order chi connectivity index (χ0) is 16.9. The summed E-state index contributed by atoms with van der Waals surface area (Å²) < 4.78 is 39.6.